The molecule has 0 aliphatic carbocycles. The number of hydrogen-bond donors (Lipinski definition) is 2. The lowest BCUT2D eigenvalue weighted by Gasteiger charge is -2.11. The second-order valence-corrected chi connectivity index (χ2v) is 4.48. The fraction of sp³-hybridized carbons (Fsp3) is 0.333. The summed E-state index contributed by atoms with van der Waals surface area (Å²) >= 11 is 0. The molecule has 0 saturated carbocycles. The van der Waals surface area contributed by atoms with Crippen molar-refractivity contribution in [3.63, 3.8) is 0 Å². The molecule has 1 aromatic heterocycles. The zero-order chi connectivity index (χ0) is 14.4. The van der Waals surface area contributed by atoms with E-state index in [2.05, 4.69) is 15.3 Å². The first-order valence-electron chi connectivity index (χ1n) is 6.80. The lowest BCUT2D eigenvalue weighted by molar-refractivity contribution is 0.628. The van der Waals surface area contributed by atoms with Crippen molar-refractivity contribution in [1.29, 1.82) is 0 Å². The van der Waals surface area contributed by atoms with Gasteiger partial charge in [0.2, 0.25) is 0 Å². The molecule has 106 valence electrons. The SMILES string of the molecule is CCc1nc(-c2ccc(F)cc2)ncc1NCCCN. The predicted octanol–water partition coefficient (Wildman–Crippen LogP) is 2.61. The summed E-state index contributed by atoms with van der Waals surface area (Å²) in [5.41, 5.74) is 8.18. The largest absolute Gasteiger partial charge is 0.382 e. The summed E-state index contributed by atoms with van der Waals surface area (Å²) in [5, 5.41) is 3.29. The first-order valence-corrected chi connectivity index (χ1v) is 6.80. The first-order chi connectivity index (χ1) is 9.74. The molecular formula is C15H19FN4. The van der Waals surface area contributed by atoms with E-state index in [1.165, 1.54) is 12.1 Å². The fourth-order valence-corrected chi connectivity index (χ4v) is 1.90. The number of nitrogens with zero attached hydrogens (tertiary/aromatic N) is 2. The van der Waals surface area contributed by atoms with Gasteiger partial charge >= 0.3 is 0 Å². The number of aryl methyl sites for hydroxylation is 1. The van der Waals surface area contributed by atoms with Crippen molar-refractivity contribution in [3.05, 3.63) is 42.0 Å². The lowest BCUT2D eigenvalue weighted by atomic mass is 10.2. The van der Waals surface area contributed by atoms with E-state index in [0.29, 0.717) is 12.4 Å². The van der Waals surface area contributed by atoms with E-state index in [0.717, 1.165) is 36.3 Å². The summed E-state index contributed by atoms with van der Waals surface area (Å²) in [7, 11) is 0. The van der Waals surface area contributed by atoms with Crippen LogP contribution in [0.15, 0.2) is 30.5 Å². The van der Waals surface area contributed by atoms with Crippen LogP contribution >= 0.6 is 0 Å². The van der Waals surface area contributed by atoms with Gasteiger partial charge in [-0.1, -0.05) is 6.92 Å². The highest BCUT2D eigenvalue weighted by Gasteiger charge is 2.07. The van der Waals surface area contributed by atoms with Crippen LogP contribution in [0.4, 0.5) is 10.1 Å². The minimum absolute atomic E-state index is 0.260. The van der Waals surface area contributed by atoms with Crippen molar-refractivity contribution in [1.82, 2.24) is 9.97 Å². The number of rotatable bonds is 6. The second-order valence-electron chi connectivity index (χ2n) is 4.48. The minimum atomic E-state index is -0.260. The summed E-state index contributed by atoms with van der Waals surface area (Å²) in [5.74, 6) is 0.357. The van der Waals surface area contributed by atoms with Gasteiger partial charge in [-0.15, -0.1) is 0 Å². The van der Waals surface area contributed by atoms with Crippen molar-refractivity contribution >= 4 is 5.69 Å². The van der Waals surface area contributed by atoms with Gasteiger partial charge in [0.05, 0.1) is 17.6 Å². The molecule has 2 aromatic rings. The van der Waals surface area contributed by atoms with E-state index in [-0.39, 0.29) is 5.82 Å². The highest BCUT2D eigenvalue weighted by atomic mass is 19.1. The van der Waals surface area contributed by atoms with Gasteiger partial charge in [0.15, 0.2) is 5.82 Å². The molecule has 0 aliphatic rings. The topological polar surface area (TPSA) is 63.8 Å². The summed E-state index contributed by atoms with van der Waals surface area (Å²) < 4.78 is 12.9. The molecule has 1 heterocycles. The van der Waals surface area contributed by atoms with E-state index in [1.807, 2.05) is 6.92 Å². The molecule has 2 rings (SSSR count). The van der Waals surface area contributed by atoms with Crippen LogP contribution in [0.5, 0.6) is 0 Å². The number of benzene rings is 1. The Bertz CT molecular complexity index is 554. The number of anilines is 1. The monoisotopic (exact) mass is 274 g/mol. The highest BCUT2D eigenvalue weighted by molar-refractivity contribution is 5.58. The Balaban J connectivity index is 2.22. The molecular weight excluding hydrogens is 255 g/mol. The Kier molecular flexibility index (Phi) is 5.01. The third kappa shape index (κ3) is 3.51. The molecule has 0 amide bonds. The molecule has 20 heavy (non-hydrogen) atoms. The van der Waals surface area contributed by atoms with Crippen LogP contribution in [0.1, 0.15) is 19.0 Å². The van der Waals surface area contributed by atoms with Crippen LogP contribution in [0.3, 0.4) is 0 Å². The van der Waals surface area contributed by atoms with Crippen LogP contribution < -0.4 is 11.1 Å². The Hall–Kier alpha value is -2.01. The number of hydrogen-bond acceptors (Lipinski definition) is 4. The van der Waals surface area contributed by atoms with Gasteiger partial charge in [-0.2, -0.15) is 0 Å². The van der Waals surface area contributed by atoms with E-state index in [1.54, 1.807) is 18.3 Å². The Morgan fingerprint density at radius 3 is 2.65 bits per heavy atom. The van der Waals surface area contributed by atoms with Gasteiger partial charge in [-0.05, 0) is 43.7 Å². The van der Waals surface area contributed by atoms with E-state index in [9.17, 15) is 4.39 Å². The van der Waals surface area contributed by atoms with E-state index in [4.69, 9.17) is 5.73 Å². The average molecular weight is 274 g/mol. The van der Waals surface area contributed by atoms with Gasteiger partial charge in [0.1, 0.15) is 5.82 Å². The number of halogens is 1. The Morgan fingerprint density at radius 1 is 1.25 bits per heavy atom. The summed E-state index contributed by atoms with van der Waals surface area (Å²) in [6, 6.07) is 6.20. The van der Waals surface area contributed by atoms with Gasteiger partial charge in [0, 0.05) is 12.1 Å². The van der Waals surface area contributed by atoms with Gasteiger partial charge in [0.25, 0.3) is 0 Å². The second kappa shape index (κ2) is 6.96. The summed E-state index contributed by atoms with van der Waals surface area (Å²) in [6.07, 6.45) is 3.49. The minimum Gasteiger partial charge on any atom is -0.382 e. The van der Waals surface area contributed by atoms with E-state index >= 15 is 0 Å². The predicted molar refractivity (Wildman–Crippen MR) is 79.0 cm³/mol. The molecule has 5 heteroatoms. The lowest BCUT2D eigenvalue weighted by Crippen LogP contribution is -2.11. The molecule has 0 aliphatic heterocycles. The summed E-state index contributed by atoms with van der Waals surface area (Å²) in [6.45, 7) is 3.51. The van der Waals surface area contributed by atoms with Crippen LogP contribution in [-0.4, -0.2) is 23.1 Å². The third-order valence-electron chi connectivity index (χ3n) is 3.00. The fourth-order valence-electron chi connectivity index (χ4n) is 1.90. The maximum absolute atomic E-state index is 12.9. The van der Waals surface area contributed by atoms with Crippen molar-refractivity contribution < 1.29 is 4.39 Å². The van der Waals surface area contributed by atoms with Gasteiger partial charge < -0.3 is 11.1 Å². The maximum Gasteiger partial charge on any atom is 0.159 e. The van der Waals surface area contributed by atoms with Crippen LogP contribution in [-0.2, 0) is 6.42 Å². The van der Waals surface area contributed by atoms with Gasteiger partial charge in [-0.25, -0.2) is 14.4 Å². The van der Waals surface area contributed by atoms with E-state index < -0.39 is 0 Å². The quantitative estimate of drug-likeness (QED) is 0.795. The zero-order valence-corrected chi connectivity index (χ0v) is 11.6. The Labute approximate surface area is 118 Å². The number of nitrogens with one attached hydrogen (secondary N) is 1. The van der Waals surface area contributed by atoms with Crippen LogP contribution in [0.25, 0.3) is 11.4 Å². The summed E-state index contributed by atoms with van der Waals surface area (Å²) in [4.78, 5) is 8.88. The average Bonchev–Trinajstić information content (AvgIpc) is 2.48. The van der Waals surface area contributed by atoms with Crippen LogP contribution in [0, 0.1) is 5.82 Å². The molecule has 3 N–H and O–H groups in total. The highest BCUT2D eigenvalue weighted by Crippen LogP contribution is 2.19. The molecule has 0 saturated heterocycles. The zero-order valence-electron chi connectivity index (χ0n) is 11.6. The number of nitrogens with two attached hydrogens (primary N) is 1. The van der Waals surface area contributed by atoms with Crippen molar-refractivity contribution in [2.45, 2.75) is 19.8 Å². The van der Waals surface area contributed by atoms with Crippen LogP contribution in [0.2, 0.25) is 0 Å². The molecule has 0 spiro atoms. The maximum atomic E-state index is 12.9. The number of aromatic nitrogens is 2. The molecule has 0 radical (unpaired) electrons. The van der Waals surface area contributed by atoms with Crippen molar-refractivity contribution in [2.75, 3.05) is 18.4 Å². The molecule has 1 aromatic carbocycles. The third-order valence-corrected chi connectivity index (χ3v) is 3.00. The molecule has 0 fully saturated rings. The smallest absolute Gasteiger partial charge is 0.159 e. The molecule has 4 nitrogen and oxygen atoms in total. The first kappa shape index (κ1) is 14.4. The van der Waals surface area contributed by atoms with Gasteiger partial charge in [-0.3, -0.25) is 0 Å². The molecule has 0 atom stereocenters. The van der Waals surface area contributed by atoms with Crippen molar-refractivity contribution in [3.8, 4) is 11.4 Å². The normalized spacial score (nSPS) is 10.6. The Morgan fingerprint density at radius 2 is 2.00 bits per heavy atom. The molecule has 0 bridgehead atoms. The van der Waals surface area contributed by atoms with Crippen molar-refractivity contribution in [2.24, 2.45) is 5.73 Å². The standard InChI is InChI=1S/C15H19FN4/c1-2-13-14(18-9-3-8-17)10-19-15(20-13)11-4-6-12(16)7-5-11/h4-7,10,18H,2-3,8-9,17H2,1H3. The molecule has 0 unspecified atom stereocenters.